The maximum Gasteiger partial charge on any atom is 0.181 e. The fraction of sp³-hybridized carbons (Fsp3) is 0.462. The topological polar surface area (TPSA) is 73.6 Å². The fourth-order valence-corrected chi connectivity index (χ4v) is 7.89. The van der Waals surface area contributed by atoms with Crippen LogP contribution in [-0.4, -0.2) is 47.1 Å². The average molecular weight is 412 g/mol. The molecule has 5 aliphatic rings. The van der Waals surface area contributed by atoms with Crippen molar-refractivity contribution >= 4 is 5.78 Å². The van der Waals surface area contributed by atoms with Crippen molar-refractivity contribution in [3.63, 3.8) is 0 Å². The number of nitrogens with zero attached hydrogens (tertiary/aromatic N) is 2. The maximum atomic E-state index is 14.2. The zero-order valence-corrected chi connectivity index (χ0v) is 17.5. The van der Waals surface area contributed by atoms with E-state index in [4.69, 9.17) is 4.74 Å². The van der Waals surface area contributed by atoms with Gasteiger partial charge in [-0.1, -0.05) is 30.3 Å². The van der Waals surface area contributed by atoms with E-state index in [0.717, 1.165) is 24.1 Å². The lowest BCUT2D eigenvalue weighted by molar-refractivity contribution is -0.206. The molecule has 0 amide bonds. The summed E-state index contributed by atoms with van der Waals surface area (Å²) in [4.78, 5) is 16.5. The predicted octanol–water partition coefficient (Wildman–Crippen LogP) is 2.31. The minimum absolute atomic E-state index is 0.0626. The molecule has 1 saturated carbocycles. The summed E-state index contributed by atoms with van der Waals surface area (Å²) in [6.45, 7) is 0.809. The summed E-state index contributed by atoms with van der Waals surface area (Å²) in [5.74, 6) is 0.664. The van der Waals surface area contributed by atoms with Crippen LogP contribution in [0, 0.1) is 16.7 Å². The van der Waals surface area contributed by atoms with Gasteiger partial charge in [-0.2, -0.15) is 5.26 Å². The van der Waals surface area contributed by atoms with Crippen LogP contribution in [0.2, 0.25) is 0 Å². The summed E-state index contributed by atoms with van der Waals surface area (Å²) >= 11 is 0. The minimum atomic E-state index is -1.06. The van der Waals surface area contributed by atoms with Crippen LogP contribution >= 0.6 is 0 Å². The first-order chi connectivity index (χ1) is 14.9. The summed E-state index contributed by atoms with van der Waals surface area (Å²) in [6, 6.07) is 14.3. The number of piperidine rings is 1. The third-order valence-electron chi connectivity index (χ3n) is 9.17. The molecule has 2 bridgehead atoms. The largest absolute Gasteiger partial charge is 0.480 e. The van der Waals surface area contributed by atoms with Crippen LogP contribution in [0.1, 0.15) is 40.7 Å². The molecule has 0 aromatic heterocycles. The van der Waals surface area contributed by atoms with E-state index in [-0.39, 0.29) is 11.8 Å². The third kappa shape index (κ3) is 1.81. The van der Waals surface area contributed by atoms with Gasteiger partial charge >= 0.3 is 0 Å². The SMILES string of the molecule is CN1CCC23c4c5ccc(C#N)c4OC2C(=O)C2(Cc4ccccc4C2)CC3(O)[C@H]1C5. The predicted molar refractivity (Wildman–Crippen MR) is 113 cm³/mol. The molecule has 2 fully saturated rings. The van der Waals surface area contributed by atoms with Crippen molar-refractivity contribution in [3.8, 4) is 11.8 Å². The number of hydrogen-bond donors (Lipinski definition) is 1. The number of benzene rings is 2. The summed E-state index contributed by atoms with van der Waals surface area (Å²) < 4.78 is 6.45. The molecular weight excluding hydrogens is 388 g/mol. The Morgan fingerprint density at radius 2 is 1.90 bits per heavy atom. The summed E-state index contributed by atoms with van der Waals surface area (Å²) in [7, 11) is 2.09. The standard InChI is InChI=1S/C26H24N2O3/c1-28-9-8-25-20-15-6-7-18(13-27)21(20)31-23(25)22(29)24(14-26(25,30)19(28)10-15)11-16-4-2-3-5-17(16)12-24/h2-7,19,23,30H,8-12,14H2,1H3/t19-,23?,25?,26?/m1/s1. The zero-order valence-electron chi connectivity index (χ0n) is 17.5. The number of Topliss-reactive ketones (excluding diaryl/α,β-unsaturated/α-hetero) is 1. The summed E-state index contributed by atoms with van der Waals surface area (Å²) in [6.07, 6.45) is 2.44. The number of aliphatic hydroxyl groups is 1. The lowest BCUT2D eigenvalue weighted by Crippen LogP contribution is -2.79. The van der Waals surface area contributed by atoms with Gasteiger partial charge in [-0.15, -0.1) is 0 Å². The first kappa shape index (κ1) is 17.9. The molecule has 1 N–H and O–H groups in total. The number of hydrogen-bond acceptors (Lipinski definition) is 5. The number of ketones is 1. The first-order valence-corrected chi connectivity index (χ1v) is 11.2. The molecule has 156 valence electrons. The highest BCUT2D eigenvalue weighted by molar-refractivity contribution is 5.96. The second-order valence-corrected chi connectivity index (χ2v) is 10.4. The molecular formula is C26H24N2O3. The molecule has 2 aromatic carbocycles. The van der Waals surface area contributed by atoms with Gasteiger partial charge in [-0.25, -0.2) is 0 Å². The molecule has 5 heteroatoms. The van der Waals surface area contributed by atoms with E-state index < -0.39 is 22.5 Å². The van der Waals surface area contributed by atoms with Crippen molar-refractivity contribution in [2.75, 3.05) is 13.6 Å². The van der Waals surface area contributed by atoms with Crippen molar-refractivity contribution in [2.24, 2.45) is 5.41 Å². The Morgan fingerprint density at radius 1 is 1.16 bits per heavy atom. The maximum absolute atomic E-state index is 14.2. The third-order valence-corrected chi connectivity index (χ3v) is 9.17. The number of carbonyl (C=O) groups is 1. The number of carbonyl (C=O) groups excluding carboxylic acids is 1. The number of fused-ring (bicyclic) bond motifs is 1. The van der Waals surface area contributed by atoms with E-state index in [0.29, 0.717) is 37.0 Å². The van der Waals surface area contributed by atoms with E-state index in [9.17, 15) is 15.2 Å². The molecule has 3 unspecified atom stereocenters. The summed E-state index contributed by atoms with van der Waals surface area (Å²) in [5.41, 5.74) is 2.49. The highest BCUT2D eigenvalue weighted by Gasteiger charge is 2.77. The van der Waals surface area contributed by atoms with E-state index in [2.05, 4.69) is 30.1 Å². The van der Waals surface area contributed by atoms with Crippen molar-refractivity contribution in [3.05, 3.63) is 64.2 Å². The lowest BCUT2D eigenvalue weighted by Gasteiger charge is -2.64. The van der Waals surface area contributed by atoms with Crippen LogP contribution in [0.5, 0.6) is 5.75 Å². The van der Waals surface area contributed by atoms with Gasteiger partial charge in [0.15, 0.2) is 11.9 Å². The average Bonchev–Trinajstić information content (AvgIpc) is 3.30. The molecule has 2 heterocycles. The molecule has 4 atom stereocenters. The quantitative estimate of drug-likeness (QED) is 0.719. The van der Waals surface area contributed by atoms with Crippen LogP contribution < -0.4 is 4.74 Å². The Morgan fingerprint density at radius 3 is 2.61 bits per heavy atom. The Kier molecular flexibility index (Phi) is 3.11. The van der Waals surface area contributed by atoms with Crippen molar-refractivity contribution in [1.82, 2.24) is 4.90 Å². The fourth-order valence-electron chi connectivity index (χ4n) is 7.89. The highest BCUT2D eigenvalue weighted by Crippen LogP contribution is 2.67. The van der Waals surface area contributed by atoms with Gasteiger partial charge in [0, 0.05) is 17.0 Å². The van der Waals surface area contributed by atoms with Gasteiger partial charge in [0.05, 0.1) is 16.6 Å². The van der Waals surface area contributed by atoms with Gasteiger partial charge in [0.2, 0.25) is 0 Å². The molecule has 7 rings (SSSR count). The van der Waals surface area contributed by atoms with Crippen LogP contribution in [0.4, 0.5) is 0 Å². The van der Waals surface area contributed by atoms with Gasteiger partial charge in [0.25, 0.3) is 0 Å². The van der Waals surface area contributed by atoms with E-state index in [1.807, 2.05) is 24.3 Å². The molecule has 3 aliphatic carbocycles. The number of ether oxygens (including phenoxy) is 1. The van der Waals surface area contributed by atoms with Gasteiger partial charge < -0.3 is 14.7 Å². The van der Waals surface area contributed by atoms with E-state index >= 15 is 0 Å². The number of likely N-dealkylation sites (tertiary alicyclic amines) is 1. The number of rotatable bonds is 0. The molecule has 2 aliphatic heterocycles. The minimum Gasteiger partial charge on any atom is -0.480 e. The molecule has 1 saturated heterocycles. The van der Waals surface area contributed by atoms with Crippen LogP contribution in [0.3, 0.4) is 0 Å². The van der Waals surface area contributed by atoms with Gasteiger partial charge in [-0.3, -0.25) is 4.79 Å². The molecule has 5 nitrogen and oxygen atoms in total. The van der Waals surface area contributed by atoms with Crippen LogP contribution in [0.25, 0.3) is 0 Å². The second kappa shape index (κ2) is 5.38. The smallest absolute Gasteiger partial charge is 0.181 e. The van der Waals surface area contributed by atoms with E-state index in [1.165, 1.54) is 11.1 Å². The van der Waals surface area contributed by atoms with Crippen LogP contribution in [0.15, 0.2) is 36.4 Å². The molecule has 2 spiro atoms. The number of nitriles is 1. The Hall–Kier alpha value is -2.68. The van der Waals surface area contributed by atoms with Crippen molar-refractivity contribution in [1.29, 1.82) is 5.26 Å². The second-order valence-electron chi connectivity index (χ2n) is 10.4. The Labute approximate surface area is 181 Å². The Bertz CT molecular complexity index is 1200. The van der Waals surface area contributed by atoms with Crippen molar-refractivity contribution in [2.45, 2.75) is 55.3 Å². The van der Waals surface area contributed by atoms with Gasteiger partial charge in [0.1, 0.15) is 11.8 Å². The Balaban J connectivity index is 1.48. The van der Waals surface area contributed by atoms with Crippen LogP contribution in [-0.2, 0) is 29.5 Å². The molecule has 2 aromatic rings. The zero-order chi connectivity index (χ0) is 21.2. The van der Waals surface area contributed by atoms with Crippen molar-refractivity contribution < 1.29 is 14.6 Å². The summed E-state index contributed by atoms with van der Waals surface area (Å²) in [5, 5.41) is 22.4. The van der Waals surface area contributed by atoms with Gasteiger partial charge in [-0.05, 0) is 68.5 Å². The molecule has 31 heavy (non-hydrogen) atoms. The molecule has 0 radical (unpaired) electrons. The number of likely N-dealkylation sites (N-methyl/N-ethyl adjacent to an activating group) is 1. The van der Waals surface area contributed by atoms with E-state index in [1.54, 1.807) is 0 Å². The monoisotopic (exact) mass is 412 g/mol. The highest BCUT2D eigenvalue weighted by atomic mass is 16.5. The lowest BCUT2D eigenvalue weighted by atomic mass is 9.44. The first-order valence-electron chi connectivity index (χ1n) is 11.2. The normalized spacial score (nSPS) is 36.0.